The van der Waals surface area contributed by atoms with Crippen molar-refractivity contribution < 1.29 is 5.11 Å². The van der Waals surface area contributed by atoms with Gasteiger partial charge in [-0.2, -0.15) is 0 Å². The summed E-state index contributed by atoms with van der Waals surface area (Å²) in [7, 11) is 0. The van der Waals surface area contributed by atoms with Crippen molar-refractivity contribution in [1.82, 2.24) is 10.6 Å². The molecule has 0 radical (unpaired) electrons. The first-order valence-electron chi connectivity index (χ1n) is 3.48. The van der Waals surface area contributed by atoms with Gasteiger partial charge in [-0.1, -0.05) is 0 Å². The maximum Gasteiger partial charge on any atom is 0.0446 e. The molecular weight excluding hydrogens is 116 g/mol. The molecule has 0 aliphatic carbocycles. The van der Waals surface area contributed by atoms with Crippen molar-refractivity contribution in [2.24, 2.45) is 0 Å². The minimum atomic E-state index is 0.291. The molecule has 3 nitrogen and oxygen atoms in total. The van der Waals surface area contributed by atoms with Gasteiger partial charge in [-0.3, -0.25) is 0 Å². The van der Waals surface area contributed by atoms with Crippen molar-refractivity contribution in [3.8, 4) is 0 Å². The first-order valence-corrected chi connectivity index (χ1v) is 3.48. The van der Waals surface area contributed by atoms with Gasteiger partial charge in [0.05, 0.1) is 0 Å². The van der Waals surface area contributed by atoms with Crippen molar-refractivity contribution in [2.75, 3.05) is 26.2 Å². The number of aliphatic hydroxyl groups excluding tert-OH is 1. The zero-order valence-electron chi connectivity index (χ0n) is 5.56. The Morgan fingerprint density at radius 3 is 2.89 bits per heavy atom. The highest BCUT2D eigenvalue weighted by Gasteiger charge is 2.09. The first kappa shape index (κ1) is 6.99. The molecule has 0 spiro atoms. The summed E-state index contributed by atoms with van der Waals surface area (Å²) in [5.41, 5.74) is 0. The van der Waals surface area contributed by atoms with E-state index in [0.717, 1.165) is 26.1 Å². The van der Waals surface area contributed by atoms with Crippen molar-refractivity contribution >= 4 is 0 Å². The summed E-state index contributed by atoms with van der Waals surface area (Å²) in [4.78, 5) is 0. The molecule has 1 rings (SSSR count). The van der Waals surface area contributed by atoms with Crippen molar-refractivity contribution in [3.05, 3.63) is 0 Å². The van der Waals surface area contributed by atoms with E-state index in [1.54, 1.807) is 0 Å². The maximum atomic E-state index is 8.55. The second-order valence-corrected chi connectivity index (χ2v) is 2.37. The predicted octanol–water partition coefficient (Wildman–Crippen LogP) is -1.07. The van der Waals surface area contributed by atoms with Crippen LogP contribution in [0.2, 0.25) is 0 Å². The maximum absolute atomic E-state index is 8.55. The molecule has 0 aromatic heterocycles. The lowest BCUT2D eigenvalue weighted by atomic mass is 10.2. The summed E-state index contributed by atoms with van der Waals surface area (Å²) in [6, 6.07) is 0.490. The van der Waals surface area contributed by atoms with Gasteiger partial charge in [0.15, 0.2) is 0 Å². The highest BCUT2D eigenvalue weighted by Crippen LogP contribution is 1.91. The SMILES string of the molecule is OCC[C@H]1CNCCN1. The lowest BCUT2D eigenvalue weighted by Gasteiger charge is -2.23. The molecule has 1 aliphatic heterocycles. The molecule has 3 heteroatoms. The Balaban J connectivity index is 2.08. The van der Waals surface area contributed by atoms with Crippen LogP contribution in [0.5, 0.6) is 0 Å². The van der Waals surface area contributed by atoms with Gasteiger partial charge in [0.1, 0.15) is 0 Å². The predicted molar refractivity (Wildman–Crippen MR) is 36.4 cm³/mol. The van der Waals surface area contributed by atoms with Gasteiger partial charge in [0.25, 0.3) is 0 Å². The van der Waals surface area contributed by atoms with E-state index in [9.17, 15) is 0 Å². The molecule has 1 heterocycles. The van der Waals surface area contributed by atoms with Gasteiger partial charge in [0.2, 0.25) is 0 Å². The van der Waals surface area contributed by atoms with E-state index < -0.39 is 0 Å². The summed E-state index contributed by atoms with van der Waals surface area (Å²) in [5.74, 6) is 0. The number of hydrogen-bond donors (Lipinski definition) is 3. The summed E-state index contributed by atoms with van der Waals surface area (Å²) < 4.78 is 0. The van der Waals surface area contributed by atoms with Crippen LogP contribution in [0, 0.1) is 0 Å². The van der Waals surface area contributed by atoms with Gasteiger partial charge in [0, 0.05) is 32.3 Å². The van der Waals surface area contributed by atoms with Crippen molar-refractivity contribution in [1.29, 1.82) is 0 Å². The van der Waals surface area contributed by atoms with E-state index in [1.807, 2.05) is 0 Å². The largest absolute Gasteiger partial charge is 0.396 e. The molecular formula is C6H14N2O. The number of hydrogen-bond acceptors (Lipinski definition) is 3. The standard InChI is InChI=1S/C6H14N2O/c9-4-1-6-5-7-2-3-8-6/h6-9H,1-5H2/t6-/m0/s1. The minimum Gasteiger partial charge on any atom is -0.396 e. The molecule has 0 saturated carbocycles. The average Bonchev–Trinajstić information content (AvgIpc) is 1.91. The number of aliphatic hydroxyl groups is 1. The van der Waals surface area contributed by atoms with E-state index in [2.05, 4.69) is 10.6 Å². The molecule has 9 heavy (non-hydrogen) atoms. The monoisotopic (exact) mass is 130 g/mol. The Morgan fingerprint density at radius 1 is 1.44 bits per heavy atom. The molecule has 0 bridgehead atoms. The molecule has 54 valence electrons. The molecule has 1 fully saturated rings. The number of rotatable bonds is 2. The fourth-order valence-electron chi connectivity index (χ4n) is 1.07. The van der Waals surface area contributed by atoms with Crippen LogP contribution < -0.4 is 10.6 Å². The third-order valence-electron chi connectivity index (χ3n) is 1.60. The lowest BCUT2D eigenvalue weighted by molar-refractivity contribution is 0.255. The Morgan fingerprint density at radius 2 is 2.33 bits per heavy atom. The summed E-state index contributed by atoms with van der Waals surface area (Å²) in [6.45, 7) is 3.38. The highest BCUT2D eigenvalue weighted by atomic mass is 16.3. The van der Waals surface area contributed by atoms with Crippen LogP contribution >= 0.6 is 0 Å². The van der Waals surface area contributed by atoms with Crippen LogP contribution in [0.1, 0.15) is 6.42 Å². The van der Waals surface area contributed by atoms with E-state index >= 15 is 0 Å². The van der Waals surface area contributed by atoms with Crippen LogP contribution in [0.25, 0.3) is 0 Å². The zero-order chi connectivity index (χ0) is 6.53. The Labute approximate surface area is 55.5 Å². The number of nitrogens with one attached hydrogen (secondary N) is 2. The van der Waals surface area contributed by atoms with Crippen LogP contribution in [-0.4, -0.2) is 37.4 Å². The molecule has 3 N–H and O–H groups in total. The molecule has 0 aromatic rings. The normalized spacial score (nSPS) is 28.3. The van der Waals surface area contributed by atoms with Crippen molar-refractivity contribution in [3.63, 3.8) is 0 Å². The molecule has 0 aromatic carbocycles. The average molecular weight is 130 g/mol. The van der Waals surface area contributed by atoms with E-state index in [4.69, 9.17) is 5.11 Å². The second kappa shape index (κ2) is 3.82. The Bertz CT molecular complexity index is 68.7. The topological polar surface area (TPSA) is 44.3 Å². The van der Waals surface area contributed by atoms with Crippen LogP contribution in [0.3, 0.4) is 0 Å². The summed E-state index contributed by atoms with van der Waals surface area (Å²) in [6.07, 6.45) is 0.868. The smallest absolute Gasteiger partial charge is 0.0446 e. The minimum absolute atomic E-state index is 0.291. The van der Waals surface area contributed by atoms with E-state index in [0.29, 0.717) is 12.6 Å². The van der Waals surface area contributed by atoms with Crippen LogP contribution in [0.4, 0.5) is 0 Å². The molecule has 1 aliphatic rings. The van der Waals surface area contributed by atoms with Gasteiger partial charge in [-0.15, -0.1) is 0 Å². The highest BCUT2D eigenvalue weighted by molar-refractivity contribution is 4.74. The van der Waals surface area contributed by atoms with Gasteiger partial charge >= 0.3 is 0 Å². The molecule has 0 amide bonds. The number of piperazine rings is 1. The quantitative estimate of drug-likeness (QED) is 0.446. The van der Waals surface area contributed by atoms with Gasteiger partial charge in [-0.25, -0.2) is 0 Å². The van der Waals surface area contributed by atoms with E-state index in [1.165, 1.54) is 0 Å². The first-order chi connectivity index (χ1) is 4.43. The second-order valence-electron chi connectivity index (χ2n) is 2.37. The summed E-state index contributed by atoms with van der Waals surface area (Å²) >= 11 is 0. The van der Waals surface area contributed by atoms with Gasteiger partial charge in [-0.05, 0) is 6.42 Å². The third-order valence-corrected chi connectivity index (χ3v) is 1.60. The summed E-state index contributed by atoms with van der Waals surface area (Å²) in [5, 5.41) is 15.1. The van der Waals surface area contributed by atoms with Crippen LogP contribution in [0.15, 0.2) is 0 Å². The zero-order valence-corrected chi connectivity index (χ0v) is 5.56. The third kappa shape index (κ3) is 2.30. The Hall–Kier alpha value is -0.120. The molecule has 1 atom stereocenters. The van der Waals surface area contributed by atoms with Crippen molar-refractivity contribution in [2.45, 2.75) is 12.5 Å². The fourth-order valence-corrected chi connectivity index (χ4v) is 1.07. The molecule has 1 saturated heterocycles. The molecule has 0 unspecified atom stereocenters. The Kier molecular flexibility index (Phi) is 2.97. The van der Waals surface area contributed by atoms with E-state index in [-0.39, 0.29) is 0 Å². The fraction of sp³-hybridized carbons (Fsp3) is 1.00. The lowest BCUT2D eigenvalue weighted by Crippen LogP contribution is -2.48. The van der Waals surface area contributed by atoms with Gasteiger partial charge < -0.3 is 15.7 Å². The van der Waals surface area contributed by atoms with Crippen LogP contribution in [-0.2, 0) is 0 Å².